The molecule has 0 spiro atoms. The lowest BCUT2D eigenvalue weighted by molar-refractivity contribution is 0.304. The zero-order chi connectivity index (χ0) is 81.5. The van der Waals surface area contributed by atoms with Crippen LogP contribution in [0.15, 0.2) is 197 Å². The first kappa shape index (κ1) is 81.3. The molecule has 8 heteroatoms. The zero-order valence-electron chi connectivity index (χ0n) is 69.3. The molecule has 14 aromatic carbocycles. The fraction of sp³-hybridized carbons (Fsp3) is 0.296. The van der Waals surface area contributed by atoms with Crippen LogP contribution in [-0.2, 0) is 43.3 Å². The minimum absolute atomic E-state index is 0.242. The van der Waals surface area contributed by atoms with Gasteiger partial charge in [-0.25, -0.2) is 16.8 Å². The largest absolute Gasteiger partial charge is 0.494 e. The van der Waals surface area contributed by atoms with Gasteiger partial charge in [-0.05, 0) is 318 Å². The molecule has 0 aromatic heterocycles. The van der Waals surface area contributed by atoms with Crippen molar-refractivity contribution in [3.63, 3.8) is 0 Å². The van der Waals surface area contributed by atoms with Crippen LogP contribution < -0.4 is 9.47 Å². The number of unbranched alkanes of at least 4 members (excludes halogenated alkanes) is 13. The lowest BCUT2D eigenvalue weighted by Gasteiger charge is -2.25. The van der Waals surface area contributed by atoms with Crippen molar-refractivity contribution >= 4 is 129 Å². The predicted molar refractivity (Wildman–Crippen MR) is 493 cm³/mol. The molecule has 0 radical (unpaired) electrons. The molecule has 0 saturated carbocycles. The van der Waals surface area contributed by atoms with Crippen LogP contribution in [0.3, 0.4) is 0 Å². The maximum absolute atomic E-state index is 16.3. The maximum Gasteiger partial charge on any atom is 0.207 e. The summed E-state index contributed by atoms with van der Waals surface area (Å²) < 4.78 is 72.7. The Balaban J connectivity index is 0.873. The lowest BCUT2D eigenvalue weighted by Crippen LogP contribution is -2.13. The number of ether oxygens (including phenoxy) is 2. The molecule has 0 aliphatic heterocycles. The van der Waals surface area contributed by atoms with E-state index in [1.807, 2.05) is 36.4 Å². The highest BCUT2D eigenvalue weighted by Gasteiger charge is 2.30. The van der Waals surface area contributed by atoms with E-state index in [9.17, 15) is 8.42 Å². The van der Waals surface area contributed by atoms with Gasteiger partial charge in [-0.1, -0.05) is 243 Å². The molecule has 0 heterocycles. The summed E-state index contributed by atoms with van der Waals surface area (Å²) in [7, 11) is -7.86. The summed E-state index contributed by atoms with van der Waals surface area (Å²) in [5.74, 6) is 22.2. The molecule has 0 N–H and O–H groups in total. The van der Waals surface area contributed by atoms with E-state index in [1.54, 1.807) is 12.1 Å². The van der Waals surface area contributed by atoms with E-state index in [-0.39, 0.29) is 25.5 Å². The first-order chi connectivity index (χ1) is 55.9. The van der Waals surface area contributed by atoms with Crippen LogP contribution >= 0.6 is 0 Å². The highest BCUT2D eigenvalue weighted by Crippen LogP contribution is 2.50. The molecule has 0 aliphatic rings. The molecule has 584 valence electrons. The van der Waals surface area contributed by atoms with Crippen molar-refractivity contribution in [2.24, 2.45) is 0 Å². The summed E-state index contributed by atoms with van der Waals surface area (Å²) >= 11 is 0. The lowest BCUT2D eigenvalue weighted by atomic mass is 9.80. The van der Waals surface area contributed by atoms with E-state index in [0.717, 1.165) is 188 Å². The molecule has 0 aliphatic carbocycles. The summed E-state index contributed by atoms with van der Waals surface area (Å²) in [4.78, 5) is 0.777. The summed E-state index contributed by atoms with van der Waals surface area (Å²) in [6.45, 7) is 22.4. The Kier molecular flexibility index (Phi) is 24.6. The number of fused-ring (bicyclic) bond motifs is 7. The van der Waals surface area contributed by atoms with Gasteiger partial charge in [0, 0.05) is 40.7 Å². The van der Waals surface area contributed by atoms with Crippen molar-refractivity contribution in [1.29, 1.82) is 0 Å². The van der Waals surface area contributed by atoms with Gasteiger partial charge in [-0.15, -0.1) is 6.42 Å². The van der Waals surface area contributed by atoms with Crippen LogP contribution in [-0.4, -0.2) is 29.7 Å². The second kappa shape index (κ2) is 35.0. The second-order valence-corrected chi connectivity index (χ2v) is 37.7. The van der Waals surface area contributed by atoms with Gasteiger partial charge in [-0.2, -0.15) is 0 Å². The number of sulfone groups is 2. The van der Waals surface area contributed by atoms with Crippen molar-refractivity contribution in [2.45, 2.75) is 210 Å². The number of benzene rings is 14. The van der Waals surface area contributed by atoms with Crippen molar-refractivity contribution < 1.29 is 26.3 Å². The number of aryl methyl sites for hydroxylation is 3. The molecule has 0 atom stereocenters. The van der Waals surface area contributed by atoms with Gasteiger partial charge in [0.05, 0.1) is 21.3 Å². The quantitative estimate of drug-likeness (QED) is 0.0160. The topological polar surface area (TPSA) is 86.7 Å². The Morgan fingerprint density at radius 2 is 0.897 bits per heavy atom. The van der Waals surface area contributed by atoms with Crippen LogP contribution in [0.2, 0.25) is 0 Å². The summed E-state index contributed by atoms with van der Waals surface area (Å²) in [6.07, 6.45) is 34.2. The second-order valence-electron chi connectivity index (χ2n) is 33.8. The first-order valence-corrected chi connectivity index (χ1v) is 45.1. The highest BCUT2D eigenvalue weighted by atomic mass is 32.2. The number of terminal acetylenes is 1. The Bertz CT molecular complexity index is 6780. The van der Waals surface area contributed by atoms with E-state index in [1.165, 1.54) is 86.8 Å². The van der Waals surface area contributed by atoms with Gasteiger partial charge in [0.15, 0.2) is 9.84 Å². The average molecular weight is 1560 g/mol. The molecular formula is C108H104O6S2. The standard InChI is InChI=1S/C108H104O6S2/c1-13-17-21-25-27-29-31-35-57-113-86-50-52-90-97(70-86)103(82-47-45-76-61-74(37-33-23-19-15-3)39-42-78(76)63-82)89-51-49-87(114-58-36-32-30-28-26-22-18-14-2)71-98(89)104(90)83-48-46-77-62-75(40-43-79(77)64-83)41-44-81-59-73(5)60-93-80(38-34-24-20-16-4)65-88(72-94(81)93)116(111,112)102-56-54-92-95-66-84(107(6,7)8)68-99-101(115(12,109)110)55-53-91(105(95)99)96-67-85(108(9,10)11)69-100(102)106(92)96/h1,39-56,59-72H,14-16,18-20,22-24,26,28,30,32-34,36-38,58H2,2-12H3/b44-41+. The Hall–Kier alpha value is -11.3. The molecule has 0 amide bonds. The molecule has 116 heavy (non-hydrogen) atoms. The number of hydrogen-bond acceptors (Lipinski definition) is 6. The predicted octanol–water partition coefficient (Wildman–Crippen LogP) is 27.9. The fourth-order valence-electron chi connectivity index (χ4n) is 17.0. The maximum atomic E-state index is 16.3. The Morgan fingerprint density at radius 1 is 0.397 bits per heavy atom. The van der Waals surface area contributed by atoms with Crippen LogP contribution in [0.25, 0.3) is 131 Å². The normalized spacial score (nSPS) is 12.1. The number of rotatable bonds is 28. The SMILES string of the molecule is C#CC#CC#CC#CC#COc1ccc2c(-c3ccc4cc(/C=C/c5cc(C)cc6c(CCCCCC)cc(S(=O)(=O)c7ccc8c9cc(C(C)(C)C)cc%10c(S(C)(=O)=O)ccc(c%11cc(C(C)(C)C)cc7c8%11)c%109)cc56)ccc4c3)c3cc(OCCCCCCCCCC)ccc3c(-c3ccc4cc(CCCCCC)ccc4c3)c2c1. The third-order valence-electron chi connectivity index (χ3n) is 23.2. The van der Waals surface area contributed by atoms with E-state index >= 15 is 8.42 Å². The van der Waals surface area contributed by atoms with E-state index in [0.29, 0.717) is 23.1 Å². The summed E-state index contributed by atoms with van der Waals surface area (Å²) in [5.41, 5.74) is 11.0. The van der Waals surface area contributed by atoms with E-state index in [4.69, 9.17) is 15.9 Å². The Morgan fingerprint density at radius 3 is 1.50 bits per heavy atom. The molecule has 0 bridgehead atoms. The number of hydrogen-bond donors (Lipinski definition) is 0. The van der Waals surface area contributed by atoms with Crippen LogP contribution in [0.5, 0.6) is 11.5 Å². The third kappa shape index (κ3) is 17.6. The Labute approximate surface area is 688 Å². The fourth-order valence-corrected chi connectivity index (χ4v) is 19.4. The summed E-state index contributed by atoms with van der Waals surface area (Å²) in [5, 5.41) is 17.3. The molecule has 0 saturated heterocycles. The van der Waals surface area contributed by atoms with Gasteiger partial charge in [-0.3, -0.25) is 0 Å². The van der Waals surface area contributed by atoms with Crippen molar-refractivity contribution in [1.82, 2.24) is 0 Å². The molecular weight excluding hydrogens is 1460 g/mol. The van der Waals surface area contributed by atoms with Gasteiger partial charge < -0.3 is 9.47 Å². The monoisotopic (exact) mass is 1560 g/mol. The molecule has 14 rings (SSSR count). The highest BCUT2D eigenvalue weighted by molar-refractivity contribution is 7.91. The third-order valence-corrected chi connectivity index (χ3v) is 26.1. The summed E-state index contributed by atoms with van der Waals surface area (Å²) in [6, 6.07) is 64.3. The van der Waals surface area contributed by atoms with Gasteiger partial charge >= 0.3 is 0 Å². The minimum atomic E-state index is -4.23. The molecule has 14 aromatic rings. The van der Waals surface area contributed by atoms with Crippen molar-refractivity contribution in [2.75, 3.05) is 12.9 Å². The molecule has 0 unspecified atom stereocenters. The van der Waals surface area contributed by atoms with E-state index < -0.39 is 19.7 Å². The van der Waals surface area contributed by atoms with Gasteiger partial charge in [0.2, 0.25) is 9.84 Å². The smallest absolute Gasteiger partial charge is 0.207 e. The average Bonchev–Trinajstić information content (AvgIpc) is 0.702. The van der Waals surface area contributed by atoms with Gasteiger partial charge in [0.25, 0.3) is 0 Å². The first-order valence-electron chi connectivity index (χ1n) is 41.7. The van der Waals surface area contributed by atoms with Crippen LogP contribution in [0.4, 0.5) is 0 Å². The van der Waals surface area contributed by atoms with Crippen molar-refractivity contribution in [3.05, 3.63) is 221 Å². The van der Waals surface area contributed by atoms with Crippen LogP contribution in [0, 0.1) is 66.8 Å². The van der Waals surface area contributed by atoms with Gasteiger partial charge in [0.1, 0.15) is 17.6 Å². The zero-order valence-corrected chi connectivity index (χ0v) is 70.9. The van der Waals surface area contributed by atoms with Crippen molar-refractivity contribution in [3.8, 4) is 93.6 Å². The minimum Gasteiger partial charge on any atom is -0.494 e. The van der Waals surface area contributed by atoms with E-state index in [2.05, 4.69) is 268 Å². The van der Waals surface area contributed by atoms with Crippen LogP contribution in [0.1, 0.15) is 204 Å². The molecule has 0 fully saturated rings. The molecule has 6 nitrogen and oxygen atoms in total.